The summed E-state index contributed by atoms with van der Waals surface area (Å²) < 4.78 is 21.3. The molecule has 0 saturated carbocycles. The number of para-hydroxylation sites is 2. The fraction of sp³-hybridized carbons (Fsp3) is 0.238. The maximum absolute atomic E-state index is 13.9. The maximum Gasteiger partial charge on any atom is 0.276 e. The molecule has 2 aromatic carbocycles. The highest BCUT2D eigenvalue weighted by Crippen LogP contribution is 2.25. The summed E-state index contributed by atoms with van der Waals surface area (Å²) in [4.78, 5) is 12.4. The lowest BCUT2D eigenvalue weighted by molar-refractivity contribution is 0.102. The summed E-state index contributed by atoms with van der Waals surface area (Å²) in [5, 5.41) is 6.88. The molecular formula is C21H21ClFN3O2. The number of benzene rings is 2. The number of halogens is 2. The van der Waals surface area contributed by atoms with E-state index in [0.29, 0.717) is 13.2 Å². The van der Waals surface area contributed by atoms with Crippen molar-refractivity contribution in [1.29, 1.82) is 0 Å². The van der Waals surface area contributed by atoms with Crippen molar-refractivity contribution in [3.63, 3.8) is 0 Å². The summed E-state index contributed by atoms with van der Waals surface area (Å²) in [5.41, 5.74) is 1.08. The van der Waals surface area contributed by atoms with E-state index in [4.69, 9.17) is 16.3 Å². The molecule has 0 unspecified atom stereocenters. The van der Waals surface area contributed by atoms with Gasteiger partial charge in [0.2, 0.25) is 0 Å². The van der Waals surface area contributed by atoms with Crippen molar-refractivity contribution in [3.05, 3.63) is 76.8 Å². The zero-order chi connectivity index (χ0) is 19.9. The second kappa shape index (κ2) is 9.37. The first kappa shape index (κ1) is 19.9. The molecule has 28 heavy (non-hydrogen) atoms. The number of anilines is 1. The predicted octanol–water partition coefficient (Wildman–Crippen LogP) is 5.16. The Bertz CT molecular complexity index is 938. The number of hydrogen-bond donors (Lipinski definition) is 1. The van der Waals surface area contributed by atoms with Crippen molar-refractivity contribution in [2.24, 2.45) is 0 Å². The van der Waals surface area contributed by atoms with Gasteiger partial charge in [0.15, 0.2) is 5.69 Å². The minimum absolute atomic E-state index is 0.0570. The van der Waals surface area contributed by atoms with Gasteiger partial charge in [-0.05, 0) is 30.7 Å². The summed E-state index contributed by atoms with van der Waals surface area (Å²) >= 11 is 5.95. The van der Waals surface area contributed by atoms with Crippen LogP contribution < -0.4 is 10.1 Å². The van der Waals surface area contributed by atoms with Crippen LogP contribution in [0.4, 0.5) is 10.1 Å². The SMILES string of the molecule is CCCCOc1ccccc1Cn1ccc(C(=O)Nc2c(F)cccc2Cl)n1. The molecule has 1 heterocycles. The van der Waals surface area contributed by atoms with Gasteiger partial charge in [-0.2, -0.15) is 5.10 Å². The lowest BCUT2D eigenvalue weighted by Crippen LogP contribution is -2.15. The maximum atomic E-state index is 13.9. The van der Waals surface area contributed by atoms with Crippen LogP contribution in [0.2, 0.25) is 5.02 Å². The number of amides is 1. The summed E-state index contributed by atoms with van der Waals surface area (Å²) in [5.74, 6) is -0.327. The van der Waals surface area contributed by atoms with Gasteiger partial charge >= 0.3 is 0 Å². The molecule has 146 valence electrons. The zero-order valence-electron chi connectivity index (χ0n) is 15.5. The minimum atomic E-state index is -0.599. The number of nitrogens with one attached hydrogen (secondary N) is 1. The molecule has 0 aliphatic rings. The van der Waals surface area contributed by atoms with Crippen molar-refractivity contribution in [2.45, 2.75) is 26.3 Å². The van der Waals surface area contributed by atoms with Gasteiger partial charge in [0.25, 0.3) is 5.91 Å². The first-order chi connectivity index (χ1) is 13.6. The molecule has 0 bridgehead atoms. The van der Waals surface area contributed by atoms with Crippen LogP contribution in [0, 0.1) is 5.82 Å². The third-order valence-electron chi connectivity index (χ3n) is 4.14. The van der Waals surface area contributed by atoms with Gasteiger partial charge in [0, 0.05) is 11.8 Å². The Balaban J connectivity index is 1.70. The summed E-state index contributed by atoms with van der Waals surface area (Å²) in [6.45, 7) is 3.22. The van der Waals surface area contributed by atoms with Gasteiger partial charge in [-0.1, -0.05) is 49.2 Å². The monoisotopic (exact) mass is 401 g/mol. The van der Waals surface area contributed by atoms with Crippen LogP contribution in [-0.2, 0) is 6.54 Å². The predicted molar refractivity (Wildman–Crippen MR) is 108 cm³/mol. The Morgan fingerprint density at radius 3 is 2.82 bits per heavy atom. The minimum Gasteiger partial charge on any atom is -0.493 e. The van der Waals surface area contributed by atoms with Gasteiger partial charge in [-0.25, -0.2) is 4.39 Å². The van der Waals surface area contributed by atoms with Gasteiger partial charge in [0.1, 0.15) is 11.6 Å². The fourth-order valence-electron chi connectivity index (χ4n) is 2.64. The summed E-state index contributed by atoms with van der Waals surface area (Å²) in [6.07, 6.45) is 3.74. The number of aromatic nitrogens is 2. The smallest absolute Gasteiger partial charge is 0.276 e. The van der Waals surface area contributed by atoms with Crippen LogP contribution in [0.15, 0.2) is 54.7 Å². The van der Waals surface area contributed by atoms with Crippen LogP contribution >= 0.6 is 11.6 Å². The highest BCUT2D eigenvalue weighted by molar-refractivity contribution is 6.33. The van der Waals surface area contributed by atoms with E-state index in [2.05, 4.69) is 17.3 Å². The lowest BCUT2D eigenvalue weighted by atomic mass is 10.2. The molecule has 0 saturated heterocycles. The molecule has 1 amide bonds. The number of ether oxygens (including phenoxy) is 1. The molecule has 0 aliphatic carbocycles. The van der Waals surface area contributed by atoms with E-state index in [1.54, 1.807) is 16.9 Å². The zero-order valence-corrected chi connectivity index (χ0v) is 16.2. The fourth-order valence-corrected chi connectivity index (χ4v) is 2.85. The standard InChI is InChI=1S/C21H21ClFN3O2/c1-2-3-13-28-19-10-5-4-7-15(19)14-26-12-11-18(25-26)21(27)24-20-16(22)8-6-9-17(20)23/h4-12H,2-3,13-14H2,1H3,(H,24,27). The van der Waals surface area contributed by atoms with E-state index in [0.717, 1.165) is 24.2 Å². The summed E-state index contributed by atoms with van der Waals surface area (Å²) in [6, 6.07) is 13.5. The molecular weight excluding hydrogens is 381 g/mol. The van der Waals surface area contributed by atoms with Crippen molar-refractivity contribution in [2.75, 3.05) is 11.9 Å². The highest BCUT2D eigenvalue weighted by Gasteiger charge is 2.15. The Kier molecular flexibility index (Phi) is 6.66. The van der Waals surface area contributed by atoms with Crippen LogP contribution in [0.5, 0.6) is 5.75 Å². The topological polar surface area (TPSA) is 56.1 Å². The van der Waals surface area contributed by atoms with E-state index < -0.39 is 11.7 Å². The second-order valence-corrected chi connectivity index (χ2v) is 6.67. The van der Waals surface area contributed by atoms with Crippen molar-refractivity contribution < 1.29 is 13.9 Å². The molecule has 7 heteroatoms. The molecule has 0 fully saturated rings. The van der Waals surface area contributed by atoms with Gasteiger partial charge < -0.3 is 10.1 Å². The van der Waals surface area contributed by atoms with Gasteiger partial charge in [-0.3, -0.25) is 9.48 Å². The normalized spacial score (nSPS) is 10.7. The van der Waals surface area contributed by atoms with E-state index >= 15 is 0 Å². The van der Waals surface area contributed by atoms with E-state index in [1.165, 1.54) is 18.2 Å². The first-order valence-electron chi connectivity index (χ1n) is 9.08. The van der Waals surface area contributed by atoms with Crippen LogP contribution in [0.3, 0.4) is 0 Å². The number of carbonyl (C=O) groups is 1. The molecule has 3 aromatic rings. The van der Waals surface area contributed by atoms with E-state index in [-0.39, 0.29) is 16.4 Å². The third kappa shape index (κ3) is 4.89. The van der Waals surface area contributed by atoms with Crippen molar-refractivity contribution in [1.82, 2.24) is 9.78 Å². The molecule has 0 radical (unpaired) electrons. The number of rotatable bonds is 8. The molecule has 3 rings (SSSR count). The average molecular weight is 402 g/mol. The van der Waals surface area contributed by atoms with Crippen LogP contribution in [0.1, 0.15) is 35.8 Å². The average Bonchev–Trinajstić information content (AvgIpc) is 3.15. The molecule has 1 aromatic heterocycles. The summed E-state index contributed by atoms with van der Waals surface area (Å²) in [7, 11) is 0. The Morgan fingerprint density at radius 2 is 2.04 bits per heavy atom. The third-order valence-corrected chi connectivity index (χ3v) is 4.45. The van der Waals surface area contributed by atoms with Crippen LogP contribution in [-0.4, -0.2) is 22.3 Å². The van der Waals surface area contributed by atoms with Crippen molar-refractivity contribution in [3.8, 4) is 5.75 Å². The first-order valence-corrected chi connectivity index (χ1v) is 9.45. The number of nitrogens with zero attached hydrogens (tertiary/aromatic N) is 2. The second-order valence-electron chi connectivity index (χ2n) is 6.26. The Labute approximate surface area is 168 Å². The molecule has 1 N–H and O–H groups in total. The largest absolute Gasteiger partial charge is 0.493 e. The van der Waals surface area contributed by atoms with E-state index in [1.807, 2.05) is 24.3 Å². The Morgan fingerprint density at radius 1 is 1.21 bits per heavy atom. The molecule has 0 spiro atoms. The number of hydrogen-bond acceptors (Lipinski definition) is 3. The lowest BCUT2D eigenvalue weighted by Gasteiger charge is -2.11. The van der Waals surface area contributed by atoms with Gasteiger partial charge in [0.05, 0.1) is 23.9 Å². The molecule has 0 atom stereocenters. The highest BCUT2D eigenvalue weighted by atomic mass is 35.5. The van der Waals surface area contributed by atoms with Gasteiger partial charge in [-0.15, -0.1) is 0 Å². The number of carbonyl (C=O) groups excluding carboxylic acids is 1. The number of unbranched alkanes of at least 4 members (excludes halogenated alkanes) is 1. The van der Waals surface area contributed by atoms with E-state index in [9.17, 15) is 9.18 Å². The molecule has 5 nitrogen and oxygen atoms in total. The molecule has 0 aliphatic heterocycles. The quantitative estimate of drug-likeness (QED) is 0.531. The van der Waals surface area contributed by atoms with Crippen molar-refractivity contribution >= 4 is 23.2 Å². The Hall–Kier alpha value is -2.86. The van der Waals surface area contributed by atoms with Crippen LogP contribution in [0.25, 0.3) is 0 Å².